The molecule has 1 fully saturated rings. The summed E-state index contributed by atoms with van der Waals surface area (Å²) in [7, 11) is 0. The molecule has 1 aromatic heterocycles. The molecule has 1 amide bonds. The second-order valence-corrected chi connectivity index (χ2v) is 8.61. The van der Waals surface area contributed by atoms with Crippen LogP contribution in [0.1, 0.15) is 46.2 Å². The standard InChI is InChI=1S/C21H28F2N4O2/c1-13-12-27(20(28)29-21(3,4)5)14(2)11-26(13)18(19(22)23)15-6-7-16-17(10-15)25-9-8-24-16/h6-10,13-14,18-19H,11-12H2,1-5H3/t13-,14+,18?/m1/s1. The van der Waals surface area contributed by atoms with Crippen molar-refractivity contribution in [2.75, 3.05) is 13.1 Å². The Morgan fingerprint density at radius 3 is 2.38 bits per heavy atom. The van der Waals surface area contributed by atoms with Crippen LogP contribution in [0.5, 0.6) is 0 Å². The van der Waals surface area contributed by atoms with Gasteiger partial charge in [-0.3, -0.25) is 14.9 Å². The molecular formula is C21H28F2N4O2. The van der Waals surface area contributed by atoms with Gasteiger partial charge in [0.1, 0.15) is 5.60 Å². The summed E-state index contributed by atoms with van der Waals surface area (Å²) in [4.78, 5) is 24.4. The Kier molecular flexibility index (Phi) is 6.03. The van der Waals surface area contributed by atoms with Gasteiger partial charge in [0.2, 0.25) is 0 Å². The number of carbonyl (C=O) groups is 1. The molecule has 6 nitrogen and oxygen atoms in total. The normalized spacial score (nSPS) is 22.1. The number of rotatable bonds is 3. The van der Waals surface area contributed by atoms with Gasteiger partial charge < -0.3 is 9.64 Å². The third-order valence-corrected chi connectivity index (χ3v) is 5.09. The Morgan fingerprint density at radius 1 is 1.10 bits per heavy atom. The van der Waals surface area contributed by atoms with Crippen LogP contribution in [-0.4, -0.2) is 63.1 Å². The maximum absolute atomic E-state index is 14.2. The van der Waals surface area contributed by atoms with Gasteiger partial charge in [-0.2, -0.15) is 0 Å². The minimum atomic E-state index is -2.58. The minimum absolute atomic E-state index is 0.248. The van der Waals surface area contributed by atoms with Crippen LogP contribution in [0.4, 0.5) is 13.6 Å². The second-order valence-electron chi connectivity index (χ2n) is 8.61. The van der Waals surface area contributed by atoms with Crippen molar-refractivity contribution in [3.8, 4) is 0 Å². The summed E-state index contributed by atoms with van der Waals surface area (Å²) in [5, 5.41) is 0. The van der Waals surface area contributed by atoms with Crippen molar-refractivity contribution < 1.29 is 18.3 Å². The molecule has 3 atom stereocenters. The van der Waals surface area contributed by atoms with Crippen LogP contribution in [0.15, 0.2) is 30.6 Å². The van der Waals surface area contributed by atoms with Crippen molar-refractivity contribution in [3.63, 3.8) is 0 Å². The van der Waals surface area contributed by atoms with Crippen LogP contribution in [0.2, 0.25) is 0 Å². The molecule has 0 bridgehead atoms. The molecule has 2 aromatic rings. The molecule has 0 N–H and O–H groups in total. The summed E-state index contributed by atoms with van der Waals surface area (Å²) in [5.41, 5.74) is 1.15. The number of nitrogens with zero attached hydrogens (tertiary/aromatic N) is 4. The second kappa shape index (κ2) is 8.18. The van der Waals surface area contributed by atoms with Crippen LogP contribution in [-0.2, 0) is 4.74 Å². The predicted octanol–water partition coefficient (Wildman–Crippen LogP) is 4.27. The molecule has 1 aromatic carbocycles. The highest BCUT2D eigenvalue weighted by molar-refractivity contribution is 5.74. The lowest BCUT2D eigenvalue weighted by Crippen LogP contribution is -2.60. The lowest BCUT2D eigenvalue weighted by molar-refractivity contribution is -0.0512. The van der Waals surface area contributed by atoms with E-state index in [9.17, 15) is 13.6 Å². The van der Waals surface area contributed by atoms with E-state index in [0.29, 0.717) is 29.7 Å². The molecule has 0 spiro atoms. The van der Waals surface area contributed by atoms with E-state index in [-0.39, 0.29) is 12.1 Å². The van der Waals surface area contributed by atoms with Crippen molar-refractivity contribution in [2.45, 2.75) is 64.8 Å². The molecule has 1 aliphatic heterocycles. The van der Waals surface area contributed by atoms with Crippen LogP contribution >= 0.6 is 0 Å². The number of hydrogen-bond donors (Lipinski definition) is 0. The zero-order chi connectivity index (χ0) is 21.3. The molecule has 1 aliphatic rings. The fourth-order valence-corrected chi connectivity index (χ4v) is 3.76. The maximum Gasteiger partial charge on any atom is 0.410 e. The zero-order valence-electron chi connectivity index (χ0n) is 17.5. The average Bonchev–Trinajstić information content (AvgIpc) is 2.62. The molecule has 1 unspecified atom stereocenters. The molecule has 8 heteroatoms. The van der Waals surface area contributed by atoms with E-state index in [2.05, 4.69) is 9.97 Å². The summed E-state index contributed by atoms with van der Waals surface area (Å²) in [6.45, 7) is 9.80. The highest BCUT2D eigenvalue weighted by Crippen LogP contribution is 2.33. The van der Waals surface area contributed by atoms with E-state index >= 15 is 0 Å². The Hall–Kier alpha value is -2.35. The zero-order valence-corrected chi connectivity index (χ0v) is 17.5. The van der Waals surface area contributed by atoms with E-state index in [0.717, 1.165) is 0 Å². The number of halogens is 2. The van der Waals surface area contributed by atoms with Gasteiger partial charge >= 0.3 is 6.09 Å². The summed E-state index contributed by atoms with van der Waals surface area (Å²) in [6.07, 6.45) is 0.137. The lowest BCUT2D eigenvalue weighted by Gasteiger charge is -2.47. The number of aromatic nitrogens is 2. The molecule has 0 saturated carbocycles. The van der Waals surface area contributed by atoms with Gasteiger partial charge in [-0.05, 0) is 52.3 Å². The third kappa shape index (κ3) is 4.80. The van der Waals surface area contributed by atoms with E-state index in [4.69, 9.17) is 4.74 Å². The van der Waals surface area contributed by atoms with E-state index in [1.165, 1.54) is 0 Å². The first-order chi connectivity index (χ1) is 13.6. The molecule has 0 aliphatic carbocycles. The molecule has 158 valence electrons. The van der Waals surface area contributed by atoms with Gasteiger partial charge in [-0.1, -0.05) is 6.07 Å². The monoisotopic (exact) mass is 406 g/mol. The van der Waals surface area contributed by atoms with Crippen molar-refractivity contribution in [3.05, 3.63) is 36.2 Å². The molecule has 0 radical (unpaired) electrons. The van der Waals surface area contributed by atoms with Crippen molar-refractivity contribution in [1.82, 2.24) is 19.8 Å². The summed E-state index contributed by atoms with van der Waals surface area (Å²) in [5.74, 6) is 0. The Bertz CT molecular complexity index is 871. The van der Waals surface area contributed by atoms with Crippen molar-refractivity contribution >= 4 is 17.1 Å². The lowest BCUT2D eigenvalue weighted by atomic mass is 9.99. The summed E-state index contributed by atoms with van der Waals surface area (Å²) < 4.78 is 33.8. The van der Waals surface area contributed by atoms with Gasteiger partial charge in [0, 0.05) is 37.6 Å². The molecule has 3 rings (SSSR count). The molecule has 2 heterocycles. The number of fused-ring (bicyclic) bond motifs is 1. The average molecular weight is 406 g/mol. The van der Waals surface area contributed by atoms with Gasteiger partial charge in [0.25, 0.3) is 6.43 Å². The first kappa shape index (κ1) is 21.4. The van der Waals surface area contributed by atoms with Gasteiger partial charge in [0.05, 0.1) is 17.1 Å². The van der Waals surface area contributed by atoms with E-state index in [1.807, 2.05) is 34.6 Å². The Labute approximate surface area is 169 Å². The summed E-state index contributed by atoms with van der Waals surface area (Å²) >= 11 is 0. The van der Waals surface area contributed by atoms with Gasteiger partial charge in [-0.15, -0.1) is 0 Å². The van der Waals surface area contributed by atoms with Gasteiger partial charge in [-0.25, -0.2) is 13.6 Å². The maximum atomic E-state index is 14.2. The number of piperazine rings is 1. The number of ether oxygens (including phenoxy) is 1. The van der Waals surface area contributed by atoms with E-state index < -0.39 is 24.2 Å². The predicted molar refractivity (Wildman–Crippen MR) is 107 cm³/mol. The highest BCUT2D eigenvalue weighted by atomic mass is 19.3. The Morgan fingerprint density at radius 2 is 1.76 bits per heavy atom. The van der Waals surface area contributed by atoms with Crippen LogP contribution in [0, 0.1) is 0 Å². The molecule has 1 saturated heterocycles. The van der Waals surface area contributed by atoms with E-state index in [1.54, 1.807) is 40.4 Å². The van der Waals surface area contributed by atoms with Crippen molar-refractivity contribution in [2.24, 2.45) is 0 Å². The number of benzene rings is 1. The fourth-order valence-electron chi connectivity index (χ4n) is 3.76. The van der Waals surface area contributed by atoms with Crippen LogP contribution in [0.3, 0.4) is 0 Å². The molecular weight excluding hydrogens is 378 g/mol. The largest absolute Gasteiger partial charge is 0.444 e. The Balaban J connectivity index is 1.84. The number of amides is 1. The number of hydrogen-bond acceptors (Lipinski definition) is 5. The minimum Gasteiger partial charge on any atom is -0.444 e. The SMILES string of the molecule is C[C@@H]1CN(C(=O)OC(C)(C)C)[C@@H](C)CN1C(c1ccc2nccnc2c1)C(F)F. The number of alkyl halides is 2. The number of carbonyl (C=O) groups excluding carboxylic acids is 1. The first-order valence-electron chi connectivity index (χ1n) is 9.81. The van der Waals surface area contributed by atoms with Crippen LogP contribution in [0.25, 0.3) is 11.0 Å². The van der Waals surface area contributed by atoms with Gasteiger partial charge in [0.15, 0.2) is 0 Å². The third-order valence-electron chi connectivity index (χ3n) is 5.09. The topological polar surface area (TPSA) is 58.6 Å². The highest BCUT2D eigenvalue weighted by Gasteiger charge is 2.40. The summed E-state index contributed by atoms with van der Waals surface area (Å²) in [6, 6.07) is 3.50. The fraction of sp³-hybridized carbons (Fsp3) is 0.571. The van der Waals surface area contributed by atoms with Crippen LogP contribution < -0.4 is 0 Å². The molecule has 29 heavy (non-hydrogen) atoms. The first-order valence-corrected chi connectivity index (χ1v) is 9.81. The quantitative estimate of drug-likeness (QED) is 0.762. The van der Waals surface area contributed by atoms with Crippen molar-refractivity contribution in [1.29, 1.82) is 0 Å². The smallest absolute Gasteiger partial charge is 0.410 e.